The highest BCUT2D eigenvalue weighted by Crippen LogP contribution is 2.23. The van der Waals surface area contributed by atoms with Crippen LogP contribution >= 0.6 is 0 Å². The number of fused-ring (bicyclic) bond motifs is 1. The van der Waals surface area contributed by atoms with Crippen molar-refractivity contribution in [3.05, 3.63) is 88.5 Å². The summed E-state index contributed by atoms with van der Waals surface area (Å²) in [6.07, 6.45) is 0.211. The summed E-state index contributed by atoms with van der Waals surface area (Å²) in [6.45, 7) is 0.715. The molecule has 4 aromatic rings. The van der Waals surface area contributed by atoms with E-state index in [9.17, 15) is 14.9 Å². The van der Waals surface area contributed by atoms with Crippen molar-refractivity contribution in [1.82, 2.24) is 15.3 Å². The molecule has 8 heteroatoms. The van der Waals surface area contributed by atoms with E-state index in [1.807, 2.05) is 48.5 Å². The smallest absolute Gasteiger partial charge is 0.292 e. The van der Waals surface area contributed by atoms with Crippen LogP contribution in [0.2, 0.25) is 0 Å². The number of hydrogen-bond acceptors (Lipinski definition) is 5. The minimum absolute atomic E-state index is 0.00699. The van der Waals surface area contributed by atoms with E-state index in [4.69, 9.17) is 0 Å². The predicted octanol–water partition coefficient (Wildman–Crippen LogP) is 4.26. The molecular weight excluding hydrogens is 394 g/mol. The third-order valence-corrected chi connectivity index (χ3v) is 4.87. The second-order valence-electron chi connectivity index (χ2n) is 7.03. The lowest BCUT2D eigenvalue weighted by Gasteiger charge is -2.08. The Labute approximate surface area is 178 Å². The molecule has 0 radical (unpaired) electrons. The zero-order valence-corrected chi connectivity index (χ0v) is 16.7. The molecule has 0 unspecified atom stereocenters. The topological polar surface area (TPSA) is 113 Å². The monoisotopic (exact) mass is 415 g/mol. The number of rotatable bonds is 8. The second kappa shape index (κ2) is 9.08. The van der Waals surface area contributed by atoms with Crippen LogP contribution in [0.1, 0.15) is 12.0 Å². The lowest BCUT2D eigenvalue weighted by atomic mass is 10.1. The van der Waals surface area contributed by atoms with Gasteiger partial charge in [0.15, 0.2) is 0 Å². The molecule has 156 valence electrons. The molecule has 3 aromatic carbocycles. The second-order valence-corrected chi connectivity index (χ2v) is 7.03. The third kappa shape index (κ3) is 4.87. The van der Waals surface area contributed by atoms with Gasteiger partial charge in [0.25, 0.3) is 5.69 Å². The molecule has 0 aliphatic heterocycles. The van der Waals surface area contributed by atoms with Gasteiger partial charge < -0.3 is 15.6 Å². The first-order valence-corrected chi connectivity index (χ1v) is 9.88. The Bertz CT molecular complexity index is 1180. The van der Waals surface area contributed by atoms with Crippen molar-refractivity contribution in [2.75, 3.05) is 11.9 Å². The highest BCUT2D eigenvalue weighted by Gasteiger charge is 2.12. The first-order valence-electron chi connectivity index (χ1n) is 9.88. The zero-order chi connectivity index (χ0) is 21.6. The van der Waals surface area contributed by atoms with E-state index in [1.165, 1.54) is 6.07 Å². The Balaban J connectivity index is 1.27. The van der Waals surface area contributed by atoms with Crippen LogP contribution < -0.4 is 10.6 Å². The van der Waals surface area contributed by atoms with Crippen LogP contribution in [0, 0.1) is 10.1 Å². The number of aromatic amines is 1. The number of nitrogens with one attached hydrogen (secondary N) is 3. The number of nitrogens with zero attached hydrogens (tertiary/aromatic N) is 2. The van der Waals surface area contributed by atoms with E-state index in [0.29, 0.717) is 18.8 Å². The van der Waals surface area contributed by atoms with Crippen LogP contribution in [0.4, 0.5) is 11.4 Å². The Morgan fingerprint density at radius 1 is 1.00 bits per heavy atom. The van der Waals surface area contributed by atoms with Crippen molar-refractivity contribution in [3.63, 3.8) is 0 Å². The number of anilines is 1. The minimum atomic E-state index is -0.447. The molecule has 0 fully saturated rings. The molecule has 0 bridgehead atoms. The third-order valence-electron chi connectivity index (χ3n) is 4.87. The minimum Gasteiger partial charge on any atom is -0.379 e. The summed E-state index contributed by atoms with van der Waals surface area (Å²) in [5.41, 5.74) is 4.25. The SMILES string of the molecule is O=C(CCNc1ccccc1[N+](=O)[O-])NCc1ccc(-c2nc3ccccc3[nH]2)cc1. The van der Waals surface area contributed by atoms with Crippen LogP contribution in [0.15, 0.2) is 72.8 Å². The maximum absolute atomic E-state index is 12.1. The van der Waals surface area contributed by atoms with Crippen LogP contribution in [0.25, 0.3) is 22.4 Å². The maximum atomic E-state index is 12.1. The summed E-state index contributed by atoms with van der Waals surface area (Å²) in [5, 5.41) is 16.8. The summed E-state index contributed by atoms with van der Waals surface area (Å²) in [7, 11) is 0. The largest absolute Gasteiger partial charge is 0.379 e. The fraction of sp³-hybridized carbons (Fsp3) is 0.130. The van der Waals surface area contributed by atoms with Crippen LogP contribution in [0.3, 0.4) is 0 Å². The van der Waals surface area contributed by atoms with Crippen molar-refractivity contribution in [2.24, 2.45) is 0 Å². The van der Waals surface area contributed by atoms with Gasteiger partial charge in [-0.2, -0.15) is 0 Å². The van der Waals surface area contributed by atoms with Crippen LogP contribution in [-0.4, -0.2) is 27.3 Å². The number of benzene rings is 3. The number of imidazole rings is 1. The van der Waals surface area contributed by atoms with Gasteiger partial charge in [0.05, 0.1) is 16.0 Å². The van der Waals surface area contributed by atoms with Gasteiger partial charge >= 0.3 is 0 Å². The maximum Gasteiger partial charge on any atom is 0.292 e. The molecule has 4 rings (SSSR count). The van der Waals surface area contributed by atoms with Gasteiger partial charge in [-0.15, -0.1) is 0 Å². The lowest BCUT2D eigenvalue weighted by molar-refractivity contribution is -0.384. The van der Waals surface area contributed by atoms with Crippen LogP contribution in [-0.2, 0) is 11.3 Å². The van der Waals surface area contributed by atoms with Crippen molar-refractivity contribution < 1.29 is 9.72 Å². The number of amides is 1. The van der Waals surface area contributed by atoms with Gasteiger partial charge in [0, 0.05) is 31.1 Å². The fourth-order valence-corrected chi connectivity index (χ4v) is 3.25. The first kappa shape index (κ1) is 20.1. The molecule has 8 nitrogen and oxygen atoms in total. The molecular formula is C23H21N5O3. The molecule has 0 aliphatic rings. The highest BCUT2D eigenvalue weighted by molar-refractivity contribution is 5.79. The predicted molar refractivity (Wildman–Crippen MR) is 120 cm³/mol. The molecule has 31 heavy (non-hydrogen) atoms. The Kier molecular flexibility index (Phi) is 5.89. The number of aromatic nitrogens is 2. The van der Waals surface area contributed by atoms with E-state index in [0.717, 1.165) is 28.0 Å². The molecule has 1 amide bonds. The van der Waals surface area contributed by atoms with E-state index >= 15 is 0 Å². The normalized spacial score (nSPS) is 10.7. The molecule has 0 spiro atoms. The summed E-state index contributed by atoms with van der Waals surface area (Å²) in [5.74, 6) is 0.672. The molecule has 0 saturated carbocycles. The van der Waals surface area contributed by atoms with Crippen LogP contribution in [0.5, 0.6) is 0 Å². The zero-order valence-electron chi connectivity index (χ0n) is 16.7. The summed E-state index contributed by atoms with van der Waals surface area (Å²) >= 11 is 0. The molecule has 1 heterocycles. The Morgan fingerprint density at radius 2 is 1.74 bits per heavy atom. The Morgan fingerprint density at radius 3 is 2.52 bits per heavy atom. The number of hydrogen-bond donors (Lipinski definition) is 3. The number of nitro groups is 1. The van der Waals surface area contributed by atoms with Gasteiger partial charge in [-0.3, -0.25) is 14.9 Å². The number of carbonyl (C=O) groups is 1. The summed E-state index contributed by atoms with van der Waals surface area (Å²) in [6, 6.07) is 22.1. The number of H-pyrrole nitrogens is 1. The van der Waals surface area contributed by atoms with Crippen molar-refractivity contribution >= 4 is 28.3 Å². The van der Waals surface area contributed by atoms with Gasteiger partial charge in [-0.05, 0) is 23.8 Å². The number of nitro benzene ring substituents is 1. The summed E-state index contributed by atoms with van der Waals surface area (Å²) in [4.78, 5) is 30.6. The van der Waals surface area contributed by atoms with Gasteiger partial charge in [-0.1, -0.05) is 48.5 Å². The fourth-order valence-electron chi connectivity index (χ4n) is 3.25. The molecule has 0 atom stereocenters. The van der Waals surface area contributed by atoms with Crippen molar-refractivity contribution in [2.45, 2.75) is 13.0 Å². The van der Waals surface area contributed by atoms with E-state index in [-0.39, 0.29) is 18.0 Å². The summed E-state index contributed by atoms with van der Waals surface area (Å²) < 4.78 is 0. The number of carbonyl (C=O) groups excluding carboxylic acids is 1. The lowest BCUT2D eigenvalue weighted by Crippen LogP contribution is -2.24. The van der Waals surface area contributed by atoms with Crippen molar-refractivity contribution in [3.8, 4) is 11.4 Å². The highest BCUT2D eigenvalue weighted by atomic mass is 16.6. The van der Waals surface area contributed by atoms with E-state index in [1.54, 1.807) is 18.2 Å². The quantitative estimate of drug-likeness (QED) is 0.294. The molecule has 0 saturated heterocycles. The van der Waals surface area contributed by atoms with E-state index in [2.05, 4.69) is 20.6 Å². The molecule has 1 aromatic heterocycles. The number of para-hydroxylation sites is 4. The Hall–Kier alpha value is -4.20. The average Bonchev–Trinajstić information content (AvgIpc) is 3.22. The van der Waals surface area contributed by atoms with Gasteiger partial charge in [0.2, 0.25) is 5.91 Å². The molecule has 3 N–H and O–H groups in total. The first-order chi connectivity index (χ1) is 15.1. The van der Waals surface area contributed by atoms with Gasteiger partial charge in [-0.25, -0.2) is 4.98 Å². The van der Waals surface area contributed by atoms with E-state index < -0.39 is 4.92 Å². The van der Waals surface area contributed by atoms with Crippen molar-refractivity contribution in [1.29, 1.82) is 0 Å². The molecule has 0 aliphatic carbocycles. The van der Waals surface area contributed by atoms with Gasteiger partial charge in [0.1, 0.15) is 11.5 Å². The standard InChI is InChI=1S/C23H21N5O3/c29-22(13-14-24-20-7-3-4-8-21(20)28(30)31)25-15-16-9-11-17(12-10-16)23-26-18-5-1-2-6-19(18)27-23/h1-12,24H,13-15H2,(H,25,29)(H,26,27). The average molecular weight is 415 g/mol.